The Balaban J connectivity index is 1.78. The van der Waals surface area contributed by atoms with Crippen LogP contribution in [0.15, 0.2) is 30.3 Å². The second-order valence-corrected chi connectivity index (χ2v) is 11.4. The van der Waals surface area contributed by atoms with Gasteiger partial charge in [0.15, 0.2) is 0 Å². The molecule has 0 amide bonds. The van der Waals surface area contributed by atoms with Crippen molar-refractivity contribution in [2.24, 2.45) is 0 Å². The van der Waals surface area contributed by atoms with Crippen molar-refractivity contribution in [3.05, 3.63) is 35.9 Å². The minimum atomic E-state index is -0.381. The predicted molar refractivity (Wildman–Crippen MR) is 156 cm³/mol. The van der Waals surface area contributed by atoms with Crippen LogP contribution in [-0.4, -0.2) is 47.3 Å². The summed E-state index contributed by atoms with van der Waals surface area (Å²) in [6.07, 6.45) is 22.4. The topological polar surface area (TPSA) is 49.8 Å². The lowest BCUT2D eigenvalue weighted by Gasteiger charge is -2.39. The van der Waals surface area contributed by atoms with E-state index in [9.17, 15) is 9.90 Å². The van der Waals surface area contributed by atoms with Gasteiger partial charge in [0, 0.05) is 13.1 Å². The minimum Gasteiger partial charge on any atom is -0.460 e. The molecule has 4 heteroatoms. The Kier molecular flexibility index (Phi) is 17.7. The summed E-state index contributed by atoms with van der Waals surface area (Å²) in [7, 11) is 0. The molecule has 1 fully saturated rings. The van der Waals surface area contributed by atoms with Crippen LogP contribution in [0.3, 0.4) is 0 Å². The lowest BCUT2D eigenvalue weighted by molar-refractivity contribution is -0.168. The second-order valence-electron chi connectivity index (χ2n) is 11.4. The highest BCUT2D eigenvalue weighted by atomic mass is 16.5. The molecule has 0 radical (unpaired) electrons. The standard InChI is InChI=1S/C33H57NO3/c1-3-5-7-9-11-13-15-20-24-30(35)27-34-28-31(25-21-16-14-12-10-8-6-4-2)37-33(36)32(34)26-29-22-18-17-19-23-29/h17-19,22-23,30-32,35H,3-16,20-21,24-28H2,1-2H3. The third-order valence-corrected chi connectivity index (χ3v) is 7.92. The molecule has 212 valence electrons. The van der Waals surface area contributed by atoms with Gasteiger partial charge in [0.25, 0.3) is 0 Å². The van der Waals surface area contributed by atoms with E-state index in [-0.39, 0.29) is 24.2 Å². The highest BCUT2D eigenvalue weighted by molar-refractivity contribution is 5.77. The van der Waals surface area contributed by atoms with Crippen LogP contribution in [0.25, 0.3) is 0 Å². The molecular formula is C33H57NO3. The van der Waals surface area contributed by atoms with Crippen molar-refractivity contribution in [2.75, 3.05) is 13.1 Å². The number of hydrogen-bond acceptors (Lipinski definition) is 4. The monoisotopic (exact) mass is 515 g/mol. The fourth-order valence-corrected chi connectivity index (χ4v) is 5.60. The normalized spacial score (nSPS) is 19.2. The van der Waals surface area contributed by atoms with Gasteiger partial charge in [-0.1, -0.05) is 140 Å². The van der Waals surface area contributed by atoms with Gasteiger partial charge in [-0.15, -0.1) is 0 Å². The average molecular weight is 516 g/mol. The number of carbonyl (C=O) groups excluding carboxylic acids is 1. The Morgan fingerprint density at radius 1 is 0.811 bits per heavy atom. The molecule has 3 unspecified atom stereocenters. The van der Waals surface area contributed by atoms with E-state index in [0.29, 0.717) is 13.0 Å². The summed E-state index contributed by atoms with van der Waals surface area (Å²) in [6, 6.07) is 9.91. The zero-order chi connectivity index (χ0) is 26.6. The molecule has 1 N–H and O–H groups in total. The summed E-state index contributed by atoms with van der Waals surface area (Å²) in [5, 5.41) is 10.9. The van der Waals surface area contributed by atoms with Crippen LogP contribution in [0.4, 0.5) is 0 Å². The fraction of sp³-hybridized carbons (Fsp3) is 0.788. The van der Waals surface area contributed by atoms with Crippen molar-refractivity contribution in [3.63, 3.8) is 0 Å². The SMILES string of the molecule is CCCCCCCCCCC(O)CN1CC(CCCCCCCCCC)OC(=O)C1Cc1ccccc1. The number of unbranched alkanes of at least 4 members (excludes halogenated alkanes) is 14. The molecule has 4 nitrogen and oxygen atoms in total. The van der Waals surface area contributed by atoms with Gasteiger partial charge in [-0.2, -0.15) is 0 Å². The Morgan fingerprint density at radius 2 is 1.35 bits per heavy atom. The zero-order valence-electron chi connectivity index (χ0n) is 24.2. The quantitative estimate of drug-likeness (QED) is 0.125. The first-order chi connectivity index (χ1) is 18.1. The summed E-state index contributed by atoms with van der Waals surface area (Å²) < 4.78 is 5.93. The highest BCUT2D eigenvalue weighted by Gasteiger charge is 2.37. The van der Waals surface area contributed by atoms with Gasteiger partial charge in [-0.05, 0) is 31.2 Å². The van der Waals surface area contributed by atoms with Gasteiger partial charge >= 0.3 is 5.97 Å². The van der Waals surface area contributed by atoms with E-state index in [1.807, 2.05) is 18.2 Å². The van der Waals surface area contributed by atoms with Gasteiger partial charge in [-0.3, -0.25) is 9.69 Å². The van der Waals surface area contributed by atoms with Gasteiger partial charge in [0.2, 0.25) is 0 Å². The molecule has 1 aromatic rings. The third-order valence-electron chi connectivity index (χ3n) is 7.92. The van der Waals surface area contributed by atoms with Crippen molar-refractivity contribution in [2.45, 2.75) is 154 Å². The highest BCUT2D eigenvalue weighted by Crippen LogP contribution is 2.23. The molecule has 1 aliphatic rings. The molecule has 0 bridgehead atoms. The molecule has 0 aromatic heterocycles. The maximum absolute atomic E-state index is 13.1. The maximum atomic E-state index is 13.1. The molecule has 1 aromatic carbocycles. The number of aliphatic hydroxyl groups excluding tert-OH is 1. The van der Waals surface area contributed by atoms with Crippen LogP contribution in [0.5, 0.6) is 0 Å². The predicted octanol–water partition coefficient (Wildman–Crippen LogP) is 8.25. The number of nitrogens with zero attached hydrogens (tertiary/aromatic N) is 1. The molecule has 37 heavy (non-hydrogen) atoms. The third kappa shape index (κ3) is 14.4. The molecule has 3 atom stereocenters. The Bertz CT molecular complexity index is 677. The number of aliphatic hydroxyl groups is 1. The van der Waals surface area contributed by atoms with Gasteiger partial charge in [0.05, 0.1) is 6.10 Å². The Morgan fingerprint density at radius 3 is 1.95 bits per heavy atom. The number of benzene rings is 1. The Labute approximate surface area is 228 Å². The van der Waals surface area contributed by atoms with E-state index in [0.717, 1.165) is 37.8 Å². The van der Waals surface area contributed by atoms with Crippen LogP contribution in [-0.2, 0) is 16.0 Å². The van der Waals surface area contributed by atoms with E-state index in [4.69, 9.17) is 4.74 Å². The number of β-amino-alcohol motifs (C(OH)–C–C–N with tert-alkyl or cyclic N) is 1. The lowest BCUT2D eigenvalue weighted by atomic mass is 9.99. The first-order valence-electron chi connectivity index (χ1n) is 15.8. The zero-order valence-corrected chi connectivity index (χ0v) is 24.2. The van der Waals surface area contributed by atoms with Gasteiger partial charge in [0.1, 0.15) is 12.1 Å². The lowest BCUT2D eigenvalue weighted by Crippen LogP contribution is -2.55. The summed E-state index contributed by atoms with van der Waals surface area (Å²) in [5.41, 5.74) is 1.15. The Hall–Kier alpha value is -1.39. The van der Waals surface area contributed by atoms with Crippen molar-refractivity contribution in [1.29, 1.82) is 0 Å². The molecule has 2 rings (SSSR count). The molecule has 1 saturated heterocycles. The van der Waals surface area contributed by atoms with Crippen LogP contribution < -0.4 is 0 Å². The van der Waals surface area contributed by atoms with Crippen LogP contribution in [0.1, 0.15) is 135 Å². The first kappa shape index (κ1) is 31.8. The van der Waals surface area contributed by atoms with Crippen LogP contribution >= 0.6 is 0 Å². The van der Waals surface area contributed by atoms with Crippen molar-refractivity contribution in [1.82, 2.24) is 4.90 Å². The van der Waals surface area contributed by atoms with Crippen molar-refractivity contribution < 1.29 is 14.6 Å². The number of esters is 1. The molecule has 1 aliphatic heterocycles. The molecule has 0 saturated carbocycles. The van der Waals surface area contributed by atoms with Gasteiger partial charge < -0.3 is 9.84 Å². The van der Waals surface area contributed by atoms with Crippen molar-refractivity contribution in [3.8, 4) is 0 Å². The second kappa shape index (κ2) is 20.6. The number of morpholine rings is 1. The molecule has 0 aliphatic carbocycles. The van der Waals surface area contributed by atoms with Crippen LogP contribution in [0, 0.1) is 0 Å². The van der Waals surface area contributed by atoms with E-state index in [1.165, 1.54) is 89.9 Å². The number of hydrogen-bond donors (Lipinski definition) is 1. The van der Waals surface area contributed by atoms with E-state index in [2.05, 4.69) is 30.9 Å². The summed E-state index contributed by atoms with van der Waals surface area (Å²) in [4.78, 5) is 15.3. The number of cyclic esters (lactones) is 1. The number of carbonyl (C=O) groups is 1. The molecule has 0 spiro atoms. The molecular weight excluding hydrogens is 458 g/mol. The number of rotatable bonds is 22. The largest absolute Gasteiger partial charge is 0.460 e. The smallest absolute Gasteiger partial charge is 0.324 e. The van der Waals surface area contributed by atoms with E-state index < -0.39 is 0 Å². The van der Waals surface area contributed by atoms with Crippen LogP contribution in [0.2, 0.25) is 0 Å². The van der Waals surface area contributed by atoms with Gasteiger partial charge in [-0.25, -0.2) is 0 Å². The molecule has 1 heterocycles. The summed E-state index contributed by atoms with van der Waals surface area (Å²) >= 11 is 0. The number of ether oxygens (including phenoxy) is 1. The van der Waals surface area contributed by atoms with E-state index in [1.54, 1.807) is 0 Å². The fourth-order valence-electron chi connectivity index (χ4n) is 5.60. The minimum absolute atomic E-state index is 0.0464. The first-order valence-corrected chi connectivity index (χ1v) is 15.8. The summed E-state index contributed by atoms with van der Waals surface area (Å²) in [5.74, 6) is -0.112. The summed E-state index contributed by atoms with van der Waals surface area (Å²) in [6.45, 7) is 5.83. The average Bonchev–Trinajstić information content (AvgIpc) is 2.90. The van der Waals surface area contributed by atoms with E-state index >= 15 is 0 Å². The maximum Gasteiger partial charge on any atom is 0.324 e. The van der Waals surface area contributed by atoms with Crippen molar-refractivity contribution >= 4 is 5.97 Å².